The first-order valence-corrected chi connectivity index (χ1v) is 7.33. The second-order valence-electron chi connectivity index (χ2n) is 5.35. The molecule has 0 aromatic carbocycles. The number of nitrogens with one attached hydrogen (secondary N) is 1. The number of esters is 1. The van der Waals surface area contributed by atoms with Gasteiger partial charge < -0.3 is 10.1 Å². The molecule has 110 valence electrons. The molecule has 5 heteroatoms. The van der Waals surface area contributed by atoms with E-state index < -0.39 is 0 Å². The molecule has 1 amide bonds. The summed E-state index contributed by atoms with van der Waals surface area (Å²) in [5, 5.41) is 2.86. The highest BCUT2D eigenvalue weighted by molar-refractivity contribution is 5.93. The maximum absolute atomic E-state index is 12.1. The van der Waals surface area contributed by atoms with Crippen LogP contribution in [0.2, 0.25) is 0 Å². The molecule has 1 saturated carbocycles. The lowest BCUT2D eigenvalue weighted by Crippen LogP contribution is -2.32. The Morgan fingerprint density at radius 1 is 1.25 bits per heavy atom. The van der Waals surface area contributed by atoms with E-state index in [1.165, 1.54) is 0 Å². The van der Waals surface area contributed by atoms with Crippen LogP contribution < -0.4 is 5.32 Å². The van der Waals surface area contributed by atoms with Gasteiger partial charge in [-0.3, -0.25) is 9.59 Å². The smallest absolute Gasteiger partial charge is 0.335 e. The van der Waals surface area contributed by atoms with E-state index in [2.05, 4.69) is 5.32 Å². The summed E-state index contributed by atoms with van der Waals surface area (Å²) in [6, 6.07) is 0. The topological polar surface area (TPSA) is 72.5 Å². The van der Waals surface area contributed by atoms with Crippen molar-refractivity contribution in [2.75, 3.05) is 6.61 Å². The molecule has 2 aliphatic carbocycles. The quantitative estimate of drug-likeness (QED) is 0.797. The number of carbonyl (C=O) groups is 3. The second-order valence-corrected chi connectivity index (χ2v) is 5.35. The molecular weight excluding hydrogens is 258 g/mol. The number of ketones is 1. The van der Waals surface area contributed by atoms with Crippen LogP contribution in [-0.4, -0.2) is 24.3 Å². The largest absolute Gasteiger partial charge is 0.463 e. The molecule has 1 unspecified atom stereocenters. The van der Waals surface area contributed by atoms with E-state index in [0.717, 1.165) is 12.8 Å². The van der Waals surface area contributed by atoms with Gasteiger partial charge in [0.15, 0.2) is 0 Å². The number of amides is 1. The zero-order chi connectivity index (χ0) is 14.5. The van der Waals surface area contributed by atoms with Crippen LogP contribution in [0.5, 0.6) is 0 Å². The first kappa shape index (κ1) is 14.8. The molecular formula is C15H21NO4. The Morgan fingerprint density at radius 3 is 2.65 bits per heavy atom. The average Bonchev–Trinajstić information content (AvgIpc) is 2.86. The van der Waals surface area contributed by atoms with Crippen molar-refractivity contribution >= 4 is 17.7 Å². The molecule has 0 aliphatic heterocycles. The van der Waals surface area contributed by atoms with Crippen molar-refractivity contribution in [2.24, 2.45) is 5.92 Å². The van der Waals surface area contributed by atoms with Crippen molar-refractivity contribution in [3.63, 3.8) is 0 Å². The summed E-state index contributed by atoms with van der Waals surface area (Å²) in [7, 11) is 0. The van der Waals surface area contributed by atoms with Gasteiger partial charge in [0.05, 0.1) is 12.2 Å². The zero-order valence-electron chi connectivity index (χ0n) is 11.9. The molecule has 20 heavy (non-hydrogen) atoms. The van der Waals surface area contributed by atoms with Crippen molar-refractivity contribution < 1.29 is 19.1 Å². The van der Waals surface area contributed by atoms with E-state index in [1.54, 1.807) is 6.92 Å². The van der Waals surface area contributed by atoms with E-state index in [1.807, 2.05) is 0 Å². The summed E-state index contributed by atoms with van der Waals surface area (Å²) in [5.41, 5.74) is 1.29. The molecule has 0 bridgehead atoms. The molecule has 0 aromatic heterocycles. The van der Waals surface area contributed by atoms with Crippen molar-refractivity contribution in [1.29, 1.82) is 0 Å². The van der Waals surface area contributed by atoms with Crippen LogP contribution in [-0.2, 0) is 19.1 Å². The van der Waals surface area contributed by atoms with E-state index in [0.29, 0.717) is 50.0 Å². The Hall–Kier alpha value is -1.65. The standard InChI is InChI=1S/C15H21NO4/c1-2-20-15(19)12-5-3-4-6-13(12)16-14(18)10-7-8-11(17)9-10/h10H,2-9H2,1H3,(H,16,18). The van der Waals surface area contributed by atoms with Gasteiger partial charge >= 0.3 is 5.97 Å². The van der Waals surface area contributed by atoms with Crippen LogP contribution in [0.4, 0.5) is 0 Å². The van der Waals surface area contributed by atoms with E-state index >= 15 is 0 Å². The molecule has 0 aromatic rings. The van der Waals surface area contributed by atoms with Crippen LogP contribution in [0, 0.1) is 5.92 Å². The number of hydrogen-bond donors (Lipinski definition) is 1. The Morgan fingerprint density at radius 2 is 2.00 bits per heavy atom. The Bertz CT molecular complexity index is 453. The Balaban J connectivity index is 2.05. The number of hydrogen-bond acceptors (Lipinski definition) is 4. The van der Waals surface area contributed by atoms with Gasteiger partial charge in [-0.05, 0) is 39.0 Å². The highest BCUT2D eigenvalue weighted by atomic mass is 16.5. The van der Waals surface area contributed by atoms with Gasteiger partial charge in [-0.25, -0.2) is 4.79 Å². The fourth-order valence-electron chi connectivity index (χ4n) is 2.78. The van der Waals surface area contributed by atoms with Crippen LogP contribution in [0.25, 0.3) is 0 Å². The van der Waals surface area contributed by atoms with Gasteiger partial charge in [-0.15, -0.1) is 0 Å². The van der Waals surface area contributed by atoms with Gasteiger partial charge in [0.25, 0.3) is 0 Å². The first-order valence-electron chi connectivity index (χ1n) is 7.33. The minimum absolute atomic E-state index is 0.130. The third-order valence-electron chi connectivity index (χ3n) is 3.88. The Labute approximate surface area is 118 Å². The SMILES string of the molecule is CCOC(=O)C1=C(NC(=O)C2CCC(=O)C2)CCCC1. The summed E-state index contributed by atoms with van der Waals surface area (Å²) >= 11 is 0. The minimum Gasteiger partial charge on any atom is -0.463 e. The molecule has 0 spiro atoms. The predicted octanol–water partition coefficient (Wildman–Crippen LogP) is 1.86. The number of allylic oxidation sites excluding steroid dienone is 1. The summed E-state index contributed by atoms with van der Waals surface area (Å²) < 4.78 is 5.03. The number of carbonyl (C=O) groups excluding carboxylic acids is 3. The molecule has 2 rings (SSSR count). The van der Waals surface area contributed by atoms with Crippen LogP contribution >= 0.6 is 0 Å². The lowest BCUT2D eigenvalue weighted by atomic mass is 9.95. The van der Waals surface area contributed by atoms with Gasteiger partial charge in [-0.2, -0.15) is 0 Å². The fourth-order valence-corrected chi connectivity index (χ4v) is 2.78. The Kier molecular flexibility index (Phi) is 4.93. The molecule has 1 fully saturated rings. The van der Waals surface area contributed by atoms with Crippen LogP contribution in [0.15, 0.2) is 11.3 Å². The normalized spacial score (nSPS) is 22.9. The summed E-state index contributed by atoms with van der Waals surface area (Å²) in [6.07, 6.45) is 4.68. The summed E-state index contributed by atoms with van der Waals surface area (Å²) in [5.74, 6) is -0.548. The number of rotatable bonds is 4. The van der Waals surface area contributed by atoms with Gasteiger partial charge in [-0.1, -0.05) is 0 Å². The van der Waals surface area contributed by atoms with Gasteiger partial charge in [0.2, 0.25) is 5.91 Å². The minimum atomic E-state index is -0.329. The maximum atomic E-state index is 12.1. The van der Waals surface area contributed by atoms with Crippen LogP contribution in [0.3, 0.4) is 0 Å². The highest BCUT2D eigenvalue weighted by Crippen LogP contribution is 2.26. The summed E-state index contributed by atoms with van der Waals surface area (Å²) in [6.45, 7) is 2.10. The summed E-state index contributed by atoms with van der Waals surface area (Å²) in [4.78, 5) is 35.3. The molecule has 1 N–H and O–H groups in total. The number of Topliss-reactive ketones (excluding diaryl/α,β-unsaturated/α-hetero) is 1. The molecule has 2 aliphatic rings. The van der Waals surface area contributed by atoms with Crippen molar-refractivity contribution in [3.05, 3.63) is 11.3 Å². The lowest BCUT2D eigenvalue weighted by Gasteiger charge is -2.21. The molecule has 0 heterocycles. The third kappa shape index (κ3) is 3.46. The third-order valence-corrected chi connectivity index (χ3v) is 3.88. The zero-order valence-corrected chi connectivity index (χ0v) is 11.9. The van der Waals surface area contributed by atoms with E-state index in [9.17, 15) is 14.4 Å². The van der Waals surface area contributed by atoms with Crippen LogP contribution in [0.1, 0.15) is 51.9 Å². The van der Waals surface area contributed by atoms with Crippen molar-refractivity contribution in [1.82, 2.24) is 5.32 Å². The first-order chi connectivity index (χ1) is 9.61. The molecule has 0 saturated heterocycles. The lowest BCUT2D eigenvalue weighted by molar-refractivity contribution is -0.138. The van der Waals surface area contributed by atoms with Gasteiger partial charge in [0, 0.05) is 24.5 Å². The number of ether oxygens (including phenoxy) is 1. The highest BCUT2D eigenvalue weighted by Gasteiger charge is 2.30. The van der Waals surface area contributed by atoms with E-state index in [-0.39, 0.29) is 23.6 Å². The maximum Gasteiger partial charge on any atom is 0.335 e. The predicted molar refractivity (Wildman–Crippen MR) is 72.6 cm³/mol. The van der Waals surface area contributed by atoms with Crippen molar-refractivity contribution in [2.45, 2.75) is 51.9 Å². The second kappa shape index (κ2) is 6.68. The average molecular weight is 279 g/mol. The molecule has 1 atom stereocenters. The monoisotopic (exact) mass is 279 g/mol. The fraction of sp³-hybridized carbons (Fsp3) is 0.667. The molecule has 0 radical (unpaired) electrons. The van der Waals surface area contributed by atoms with Gasteiger partial charge in [0.1, 0.15) is 5.78 Å². The molecule has 5 nitrogen and oxygen atoms in total. The van der Waals surface area contributed by atoms with Crippen molar-refractivity contribution in [3.8, 4) is 0 Å². The van der Waals surface area contributed by atoms with E-state index in [4.69, 9.17) is 4.74 Å².